The van der Waals surface area contributed by atoms with E-state index < -0.39 is 0 Å². The predicted octanol–water partition coefficient (Wildman–Crippen LogP) is 4.77. The summed E-state index contributed by atoms with van der Waals surface area (Å²) < 4.78 is 11.8. The maximum Gasteiger partial charge on any atom is 0.305 e. The van der Waals surface area contributed by atoms with Crippen molar-refractivity contribution in [2.45, 2.75) is 97.7 Å². The number of hydrogen-bond acceptors (Lipinski definition) is 5. The minimum Gasteiger partial charge on any atom is -0.458 e. The summed E-state index contributed by atoms with van der Waals surface area (Å²) in [6, 6.07) is 0. The molecule has 5 heteroatoms. The normalized spacial score (nSPS) is 42.5. The first-order chi connectivity index (χ1) is 14.2. The summed E-state index contributed by atoms with van der Waals surface area (Å²) in [4.78, 5) is 36.4. The van der Waals surface area contributed by atoms with Gasteiger partial charge in [0.2, 0.25) is 0 Å². The van der Waals surface area contributed by atoms with Crippen LogP contribution in [0.15, 0.2) is 11.6 Å². The van der Waals surface area contributed by atoms with Crippen LogP contribution in [0.4, 0.5) is 0 Å². The predicted molar refractivity (Wildman–Crippen MR) is 112 cm³/mol. The highest BCUT2D eigenvalue weighted by Gasteiger charge is 2.63. The summed E-state index contributed by atoms with van der Waals surface area (Å²) >= 11 is 0. The van der Waals surface area contributed by atoms with Gasteiger partial charge in [-0.1, -0.05) is 33.3 Å². The molecule has 0 amide bonds. The number of hydrogen-bond donors (Lipinski definition) is 0. The molecule has 166 valence electrons. The summed E-state index contributed by atoms with van der Waals surface area (Å²) in [6.07, 6.45) is 8.37. The Morgan fingerprint density at radius 1 is 1.00 bits per heavy atom. The highest BCUT2D eigenvalue weighted by molar-refractivity contribution is 5.91. The van der Waals surface area contributed by atoms with Gasteiger partial charge in [-0.15, -0.1) is 0 Å². The van der Waals surface area contributed by atoms with E-state index in [1.54, 1.807) is 13.8 Å². The third-order valence-corrected chi connectivity index (χ3v) is 8.99. The molecule has 0 spiro atoms. The second-order valence-corrected chi connectivity index (χ2v) is 10.4. The molecular weight excluding hydrogens is 380 g/mol. The molecule has 0 aliphatic heterocycles. The fraction of sp³-hybridized carbons (Fsp3) is 0.800. The molecule has 4 aliphatic rings. The van der Waals surface area contributed by atoms with Crippen LogP contribution < -0.4 is 0 Å². The number of carbonyl (C=O) groups is 3. The fourth-order valence-corrected chi connectivity index (χ4v) is 7.30. The summed E-state index contributed by atoms with van der Waals surface area (Å²) in [7, 11) is 0. The van der Waals surface area contributed by atoms with Crippen LogP contribution in [-0.2, 0) is 23.9 Å². The third-order valence-electron chi connectivity index (χ3n) is 8.99. The molecule has 0 saturated heterocycles. The molecule has 0 N–H and O–H groups in total. The molecule has 30 heavy (non-hydrogen) atoms. The number of rotatable bonds is 4. The van der Waals surface area contributed by atoms with E-state index in [0.717, 1.165) is 38.5 Å². The van der Waals surface area contributed by atoms with E-state index in [1.165, 1.54) is 5.57 Å². The lowest BCUT2D eigenvalue weighted by Gasteiger charge is -2.57. The summed E-state index contributed by atoms with van der Waals surface area (Å²) in [6.45, 7) is 8.22. The molecule has 0 radical (unpaired) electrons. The Hall–Kier alpha value is -1.65. The van der Waals surface area contributed by atoms with Crippen molar-refractivity contribution < 1.29 is 23.9 Å². The Labute approximate surface area is 179 Å². The van der Waals surface area contributed by atoms with Crippen LogP contribution >= 0.6 is 0 Å². The van der Waals surface area contributed by atoms with Gasteiger partial charge in [-0.2, -0.15) is 0 Å². The first-order valence-electron chi connectivity index (χ1n) is 11.9. The molecule has 3 fully saturated rings. The van der Waals surface area contributed by atoms with Crippen LogP contribution in [-0.4, -0.2) is 29.9 Å². The molecule has 5 nitrogen and oxygen atoms in total. The Balaban J connectivity index is 1.64. The first kappa shape index (κ1) is 21.6. The van der Waals surface area contributed by atoms with E-state index >= 15 is 0 Å². The lowest BCUT2D eigenvalue weighted by molar-refractivity contribution is -0.175. The van der Waals surface area contributed by atoms with Crippen molar-refractivity contribution in [2.24, 2.45) is 28.6 Å². The second-order valence-electron chi connectivity index (χ2n) is 10.4. The standard InChI is InChI=1S/C25H36O5/c1-5-21(27)29-20-14-19-17-8-7-15-13-16(26)9-11-24(15,3)18(17)10-12-25(19,4)23(20)30-22(28)6-2/h13,17-20,23H,5-12,14H2,1-4H3/t17-,18+,19+,20-,23+,24+,25+/m1/s1. The van der Waals surface area contributed by atoms with E-state index in [2.05, 4.69) is 13.8 Å². The van der Waals surface area contributed by atoms with Crippen molar-refractivity contribution in [1.29, 1.82) is 0 Å². The van der Waals surface area contributed by atoms with Crippen LogP contribution in [0.5, 0.6) is 0 Å². The van der Waals surface area contributed by atoms with Gasteiger partial charge in [-0.25, -0.2) is 0 Å². The average molecular weight is 417 g/mol. The number of ketones is 1. The Kier molecular flexibility index (Phi) is 5.61. The van der Waals surface area contributed by atoms with Crippen molar-refractivity contribution in [3.63, 3.8) is 0 Å². The van der Waals surface area contributed by atoms with Gasteiger partial charge < -0.3 is 9.47 Å². The topological polar surface area (TPSA) is 69.7 Å². The number of carbonyl (C=O) groups excluding carboxylic acids is 3. The molecule has 3 saturated carbocycles. The Morgan fingerprint density at radius 3 is 2.40 bits per heavy atom. The van der Waals surface area contributed by atoms with Crippen molar-refractivity contribution in [3.8, 4) is 0 Å². The summed E-state index contributed by atoms with van der Waals surface area (Å²) in [5.41, 5.74) is 1.29. The molecule has 0 heterocycles. The van der Waals surface area contributed by atoms with Gasteiger partial charge in [-0.05, 0) is 67.8 Å². The van der Waals surface area contributed by atoms with Crippen LogP contribution in [0.2, 0.25) is 0 Å². The lowest BCUT2D eigenvalue weighted by Crippen LogP contribution is -2.52. The van der Waals surface area contributed by atoms with Gasteiger partial charge in [0, 0.05) is 24.7 Å². The van der Waals surface area contributed by atoms with E-state index in [4.69, 9.17) is 9.47 Å². The van der Waals surface area contributed by atoms with Crippen LogP contribution in [0.1, 0.15) is 85.5 Å². The lowest BCUT2D eigenvalue weighted by atomic mass is 9.47. The molecule has 0 aromatic heterocycles. The van der Waals surface area contributed by atoms with Crippen LogP contribution in [0.25, 0.3) is 0 Å². The molecule has 4 rings (SSSR count). The molecule has 0 bridgehead atoms. The quantitative estimate of drug-likeness (QED) is 0.617. The fourth-order valence-electron chi connectivity index (χ4n) is 7.30. The van der Waals surface area contributed by atoms with E-state index in [-0.39, 0.29) is 40.8 Å². The maximum absolute atomic E-state index is 12.2. The smallest absolute Gasteiger partial charge is 0.305 e. The van der Waals surface area contributed by atoms with Crippen LogP contribution in [0.3, 0.4) is 0 Å². The molecule has 0 unspecified atom stereocenters. The van der Waals surface area contributed by atoms with Gasteiger partial charge in [0.25, 0.3) is 0 Å². The molecule has 0 aromatic rings. The number of esters is 2. The minimum atomic E-state index is -0.357. The van der Waals surface area contributed by atoms with Crippen molar-refractivity contribution in [1.82, 2.24) is 0 Å². The monoisotopic (exact) mass is 416 g/mol. The second kappa shape index (κ2) is 7.80. The van der Waals surface area contributed by atoms with Gasteiger partial charge in [0.05, 0.1) is 0 Å². The number of ether oxygens (including phenoxy) is 2. The SMILES string of the molecule is CCC(=O)O[C@@H]1C[C@H]2[C@@H]3CCC4=CC(=O)CC[C@]4(C)[C@H]3CC[C@]2(C)[C@H]1OC(=O)CC. The van der Waals surface area contributed by atoms with Crippen molar-refractivity contribution in [3.05, 3.63) is 11.6 Å². The molecule has 4 aliphatic carbocycles. The van der Waals surface area contributed by atoms with Gasteiger partial charge in [0.1, 0.15) is 12.2 Å². The Morgan fingerprint density at radius 2 is 1.70 bits per heavy atom. The summed E-state index contributed by atoms with van der Waals surface area (Å²) in [5.74, 6) is 1.28. The number of allylic oxidation sites excluding steroid dienone is 1. The van der Waals surface area contributed by atoms with Gasteiger partial charge in [0.15, 0.2) is 5.78 Å². The van der Waals surface area contributed by atoms with E-state index in [1.807, 2.05) is 6.08 Å². The maximum atomic E-state index is 12.2. The molecular formula is C25H36O5. The Bertz CT molecular complexity index is 770. The minimum absolute atomic E-state index is 0.103. The van der Waals surface area contributed by atoms with Gasteiger partial charge in [-0.3, -0.25) is 14.4 Å². The summed E-state index contributed by atoms with van der Waals surface area (Å²) in [5, 5.41) is 0. The van der Waals surface area contributed by atoms with Gasteiger partial charge >= 0.3 is 11.9 Å². The zero-order valence-electron chi connectivity index (χ0n) is 18.9. The van der Waals surface area contributed by atoms with Crippen LogP contribution in [0, 0.1) is 28.6 Å². The number of fused-ring (bicyclic) bond motifs is 5. The molecule has 0 aromatic carbocycles. The van der Waals surface area contributed by atoms with Crippen molar-refractivity contribution in [2.75, 3.05) is 0 Å². The van der Waals surface area contributed by atoms with Crippen molar-refractivity contribution >= 4 is 17.7 Å². The highest BCUT2D eigenvalue weighted by atomic mass is 16.6. The van der Waals surface area contributed by atoms with E-state index in [9.17, 15) is 14.4 Å². The molecule has 7 atom stereocenters. The zero-order chi connectivity index (χ0) is 21.7. The zero-order valence-corrected chi connectivity index (χ0v) is 18.9. The highest BCUT2D eigenvalue weighted by Crippen LogP contribution is 2.66. The third kappa shape index (κ3) is 3.33. The van der Waals surface area contributed by atoms with E-state index in [0.29, 0.717) is 37.0 Å². The largest absolute Gasteiger partial charge is 0.458 e. The average Bonchev–Trinajstić information content (AvgIpc) is 2.99. The first-order valence-corrected chi connectivity index (χ1v) is 11.9.